The van der Waals surface area contributed by atoms with Gasteiger partial charge < -0.3 is 14.5 Å². The van der Waals surface area contributed by atoms with Gasteiger partial charge in [-0.1, -0.05) is 23.7 Å². The number of nitrogens with zero attached hydrogens (tertiary/aromatic N) is 3. The average molecular weight is 397 g/mol. The molecular formula is C20H14ClFN4O2. The normalized spacial score (nSPS) is 10.7. The number of aromatic amines is 1. The summed E-state index contributed by atoms with van der Waals surface area (Å²) in [5, 5.41) is 0.277. The molecule has 4 aromatic rings. The minimum absolute atomic E-state index is 0.189. The van der Waals surface area contributed by atoms with Crippen molar-refractivity contribution in [3.8, 4) is 40.2 Å². The maximum atomic E-state index is 14.1. The summed E-state index contributed by atoms with van der Waals surface area (Å²) in [5.41, 5.74) is 1.51. The number of benzene rings is 2. The number of methoxy groups -OCH3 is 1. The molecule has 0 radical (unpaired) electrons. The van der Waals surface area contributed by atoms with Gasteiger partial charge in [-0.2, -0.15) is 0 Å². The van der Waals surface area contributed by atoms with Crippen molar-refractivity contribution in [2.24, 2.45) is 0 Å². The number of H-pyrrole nitrogens is 1. The van der Waals surface area contributed by atoms with Crippen molar-refractivity contribution in [2.45, 2.75) is 0 Å². The van der Waals surface area contributed by atoms with Gasteiger partial charge in [0, 0.05) is 24.0 Å². The Labute approximate surface area is 165 Å². The summed E-state index contributed by atoms with van der Waals surface area (Å²) in [7, 11) is 1.58. The average Bonchev–Trinajstić information content (AvgIpc) is 3.18. The number of halogens is 2. The molecule has 8 heteroatoms. The van der Waals surface area contributed by atoms with Crippen LogP contribution >= 0.6 is 11.6 Å². The van der Waals surface area contributed by atoms with Gasteiger partial charge in [-0.3, -0.25) is 0 Å². The Kier molecular flexibility index (Phi) is 4.90. The molecule has 0 bridgehead atoms. The van der Waals surface area contributed by atoms with Gasteiger partial charge in [-0.05, 0) is 24.3 Å². The maximum Gasteiger partial charge on any atom is 0.321 e. The predicted octanol–water partition coefficient (Wildman–Crippen LogP) is 5.13. The smallest absolute Gasteiger partial charge is 0.321 e. The third-order valence-corrected chi connectivity index (χ3v) is 4.28. The van der Waals surface area contributed by atoms with Crippen LogP contribution in [0.4, 0.5) is 4.39 Å². The Morgan fingerprint density at radius 1 is 0.964 bits per heavy atom. The molecular weight excluding hydrogens is 383 g/mol. The highest BCUT2D eigenvalue weighted by atomic mass is 35.5. The molecule has 28 heavy (non-hydrogen) atoms. The quantitative estimate of drug-likeness (QED) is 0.506. The zero-order valence-corrected chi connectivity index (χ0v) is 15.4. The van der Waals surface area contributed by atoms with E-state index in [1.54, 1.807) is 50.0 Å². The van der Waals surface area contributed by atoms with Crippen LogP contribution in [0.3, 0.4) is 0 Å². The van der Waals surface area contributed by atoms with Crippen molar-refractivity contribution in [1.82, 2.24) is 19.9 Å². The summed E-state index contributed by atoms with van der Waals surface area (Å²) in [5.74, 6) is 1.11. The lowest BCUT2D eigenvalue weighted by Crippen LogP contribution is -1.93. The van der Waals surface area contributed by atoms with E-state index in [1.807, 2.05) is 12.1 Å². The third kappa shape index (κ3) is 3.65. The second kappa shape index (κ2) is 7.66. The Balaban J connectivity index is 1.55. The molecule has 2 aromatic heterocycles. The summed E-state index contributed by atoms with van der Waals surface area (Å²) in [6.07, 6.45) is 4.74. The SMILES string of the molecule is COc1cccc(Oc2ncc(-c3cnc(-c4c(F)cccc4Cl)[nH]3)cn2)c1. The molecule has 0 saturated carbocycles. The lowest BCUT2D eigenvalue weighted by Gasteiger charge is -2.06. The molecule has 0 spiro atoms. The Hall–Kier alpha value is -3.45. The summed E-state index contributed by atoms with van der Waals surface area (Å²) in [4.78, 5) is 15.7. The fourth-order valence-electron chi connectivity index (χ4n) is 2.60. The van der Waals surface area contributed by atoms with Crippen LogP contribution in [0.1, 0.15) is 0 Å². The number of rotatable bonds is 5. The van der Waals surface area contributed by atoms with E-state index in [2.05, 4.69) is 19.9 Å². The van der Waals surface area contributed by atoms with E-state index >= 15 is 0 Å². The highest BCUT2D eigenvalue weighted by Crippen LogP contribution is 2.30. The second-order valence-electron chi connectivity index (χ2n) is 5.78. The second-order valence-corrected chi connectivity index (χ2v) is 6.18. The summed E-state index contributed by atoms with van der Waals surface area (Å²) >= 11 is 6.09. The van der Waals surface area contributed by atoms with Gasteiger partial charge in [0.2, 0.25) is 0 Å². The van der Waals surface area contributed by atoms with Crippen molar-refractivity contribution in [1.29, 1.82) is 0 Å². The summed E-state index contributed by atoms with van der Waals surface area (Å²) < 4.78 is 24.8. The minimum Gasteiger partial charge on any atom is -0.497 e. The van der Waals surface area contributed by atoms with Crippen LogP contribution < -0.4 is 9.47 Å². The molecule has 0 aliphatic heterocycles. The van der Waals surface area contributed by atoms with Crippen LogP contribution in [0.15, 0.2) is 61.1 Å². The minimum atomic E-state index is -0.452. The number of nitrogens with one attached hydrogen (secondary N) is 1. The van der Waals surface area contributed by atoms with Crippen LogP contribution in [-0.2, 0) is 0 Å². The van der Waals surface area contributed by atoms with Crippen molar-refractivity contribution in [3.63, 3.8) is 0 Å². The number of imidazole rings is 1. The van der Waals surface area contributed by atoms with Crippen LogP contribution in [0.25, 0.3) is 22.6 Å². The summed E-state index contributed by atoms with van der Waals surface area (Å²) in [6.45, 7) is 0. The fourth-order valence-corrected chi connectivity index (χ4v) is 2.85. The van der Waals surface area contributed by atoms with Gasteiger partial charge >= 0.3 is 6.01 Å². The van der Waals surface area contributed by atoms with Crippen LogP contribution in [0.2, 0.25) is 5.02 Å². The number of hydrogen-bond donors (Lipinski definition) is 1. The molecule has 2 aromatic carbocycles. The van der Waals surface area contributed by atoms with Crippen LogP contribution in [-0.4, -0.2) is 27.0 Å². The highest BCUT2D eigenvalue weighted by molar-refractivity contribution is 6.33. The first-order chi connectivity index (χ1) is 13.6. The van der Waals surface area contributed by atoms with Gasteiger partial charge in [0.05, 0.1) is 29.6 Å². The molecule has 140 valence electrons. The first-order valence-electron chi connectivity index (χ1n) is 8.28. The van der Waals surface area contributed by atoms with Crippen molar-refractivity contribution in [3.05, 3.63) is 71.9 Å². The van der Waals surface area contributed by atoms with E-state index in [0.29, 0.717) is 28.6 Å². The molecule has 0 amide bonds. The van der Waals surface area contributed by atoms with Crippen molar-refractivity contribution < 1.29 is 13.9 Å². The van der Waals surface area contributed by atoms with E-state index in [4.69, 9.17) is 21.1 Å². The molecule has 0 aliphatic carbocycles. The molecule has 6 nitrogen and oxygen atoms in total. The van der Waals surface area contributed by atoms with Gasteiger partial charge in [-0.15, -0.1) is 0 Å². The number of hydrogen-bond acceptors (Lipinski definition) is 5. The lowest BCUT2D eigenvalue weighted by molar-refractivity contribution is 0.404. The van der Waals surface area contributed by atoms with Crippen LogP contribution in [0, 0.1) is 5.82 Å². The van der Waals surface area contributed by atoms with Gasteiger partial charge in [0.1, 0.15) is 23.1 Å². The topological polar surface area (TPSA) is 72.9 Å². The standard InChI is InChI=1S/C20H14ClFN4O2/c1-27-13-4-2-5-14(8-13)28-20-24-9-12(10-25-20)17-11-23-19(26-17)18-15(21)6-3-7-16(18)22/h2-11H,1H3,(H,23,26). The van der Waals surface area contributed by atoms with E-state index in [1.165, 1.54) is 6.07 Å². The molecule has 0 saturated heterocycles. The predicted molar refractivity (Wildman–Crippen MR) is 103 cm³/mol. The summed E-state index contributed by atoms with van der Waals surface area (Å²) in [6, 6.07) is 11.8. The zero-order chi connectivity index (χ0) is 19.5. The Morgan fingerprint density at radius 3 is 2.46 bits per heavy atom. The first-order valence-corrected chi connectivity index (χ1v) is 8.65. The molecule has 0 unspecified atom stereocenters. The Morgan fingerprint density at radius 2 is 1.71 bits per heavy atom. The van der Waals surface area contributed by atoms with E-state index in [-0.39, 0.29) is 16.6 Å². The zero-order valence-electron chi connectivity index (χ0n) is 14.7. The molecule has 4 rings (SSSR count). The van der Waals surface area contributed by atoms with E-state index in [0.717, 1.165) is 0 Å². The van der Waals surface area contributed by atoms with Crippen molar-refractivity contribution >= 4 is 11.6 Å². The molecule has 1 N–H and O–H groups in total. The molecule has 0 fully saturated rings. The highest BCUT2D eigenvalue weighted by Gasteiger charge is 2.14. The molecule has 0 atom stereocenters. The maximum absolute atomic E-state index is 14.1. The monoisotopic (exact) mass is 396 g/mol. The van der Waals surface area contributed by atoms with Gasteiger partial charge in [-0.25, -0.2) is 19.3 Å². The van der Waals surface area contributed by atoms with Crippen molar-refractivity contribution in [2.75, 3.05) is 7.11 Å². The van der Waals surface area contributed by atoms with E-state index in [9.17, 15) is 4.39 Å². The lowest BCUT2D eigenvalue weighted by atomic mass is 10.2. The van der Waals surface area contributed by atoms with Gasteiger partial charge in [0.15, 0.2) is 0 Å². The number of aromatic nitrogens is 4. The third-order valence-electron chi connectivity index (χ3n) is 3.96. The largest absolute Gasteiger partial charge is 0.497 e. The van der Waals surface area contributed by atoms with Gasteiger partial charge in [0.25, 0.3) is 0 Å². The van der Waals surface area contributed by atoms with E-state index < -0.39 is 5.82 Å². The first kappa shape index (κ1) is 17.9. The number of ether oxygens (including phenoxy) is 2. The molecule has 0 aliphatic rings. The Bertz CT molecular complexity index is 1100. The molecule has 2 heterocycles. The fraction of sp³-hybridized carbons (Fsp3) is 0.0500. The van der Waals surface area contributed by atoms with Crippen LogP contribution in [0.5, 0.6) is 17.5 Å².